The summed E-state index contributed by atoms with van der Waals surface area (Å²) in [5.74, 6) is 0. The van der Waals surface area contributed by atoms with Crippen LogP contribution in [0.15, 0.2) is 23.2 Å². The molecule has 1 unspecified atom stereocenters. The molecule has 90 valence electrons. The average Bonchev–Trinajstić information content (AvgIpc) is 2.29. The van der Waals surface area contributed by atoms with E-state index in [0.29, 0.717) is 11.7 Å². The monoisotopic (exact) mass is 241 g/mol. The number of pyridine rings is 1. The van der Waals surface area contributed by atoms with Crippen LogP contribution in [0.2, 0.25) is 0 Å². The minimum Gasteiger partial charge on any atom is -0.396 e. The van der Waals surface area contributed by atoms with Gasteiger partial charge in [-0.25, -0.2) is 0 Å². The number of hydrogen-bond acceptors (Lipinski definition) is 4. The Hall–Kier alpha value is -0.580. The van der Waals surface area contributed by atoms with Crippen LogP contribution in [0.5, 0.6) is 0 Å². The Morgan fingerprint density at radius 2 is 2.19 bits per heavy atom. The third-order valence-electron chi connectivity index (χ3n) is 2.36. The first-order valence-corrected chi connectivity index (χ1v) is 6.46. The van der Waals surface area contributed by atoms with Gasteiger partial charge in [0, 0.05) is 22.9 Å². The summed E-state index contributed by atoms with van der Waals surface area (Å²) >= 11 is 1.69. The molecule has 1 heterocycles. The maximum Gasteiger partial charge on any atom is 0.0957 e. The van der Waals surface area contributed by atoms with Crippen LogP contribution in [0.1, 0.15) is 38.5 Å². The summed E-state index contributed by atoms with van der Waals surface area (Å²) in [6.07, 6.45) is 2.78. The Balaban J connectivity index is 2.57. The van der Waals surface area contributed by atoms with E-state index in [2.05, 4.69) is 11.9 Å². The molecule has 0 spiro atoms. The molecule has 2 atom stereocenters. The smallest absolute Gasteiger partial charge is 0.0957 e. The van der Waals surface area contributed by atoms with Crippen molar-refractivity contribution in [2.24, 2.45) is 0 Å². The predicted octanol–water partition coefficient (Wildman–Crippen LogP) is 2.39. The molecule has 0 aliphatic rings. The fourth-order valence-corrected chi connectivity index (χ4v) is 2.29. The van der Waals surface area contributed by atoms with Crippen LogP contribution in [0.25, 0.3) is 0 Å². The average molecular weight is 241 g/mol. The number of nitrogens with zero attached hydrogens (tertiary/aromatic N) is 1. The lowest BCUT2D eigenvalue weighted by Crippen LogP contribution is -2.01. The van der Waals surface area contributed by atoms with Gasteiger partial charge in [-0.1, -0.05) is 13.8 Å². The van der Waals surface area contributed by atoms with Crippen LogP contribution in [0.3, 0.4) is 0 Å². The Bertz CT molecular complexity index is 302. The molecule has 0 saturated carbocycles. The van der Waals surface area contributed by atoms with Crippen LogP contribution in [0, 0.1) is 0 Å². The summed E-state index contributed by atoms with van der Waals surface area (Å²) in [6.45, 7) is 4.22. The molecule has 16 heavy (non-hydrogen) atoms. The summed E-state index contributed by atoms with van der Waals surface area (Å²) in [7, 11) is 0. The van der Waals surface area contributed by atoms with E-state index in [-0.39, 0.29) is 6.61 Å². The molecule has 1 aromatic heterocycles. The Labute approximate surface area is 101 Å². The number of aliphatic hydroxyl groups is 2. The zero-order valence-electron chi connectivity index (χ0n) is 9.76. The van der Waals surface area contributed by atoms with Crippen molar-refractivity contribution < 1.29 is 10.2 Å². The molecule has 0 aliphatic heterocycles. The molecule has 0 amide bonds. The van der Waals surface area contributed by atoms with E-state index in [9.17, 15) is 5.11 Å². The quantitative estimate of drug-likeness (QED) is 0.751. The van der Waals surface area contributed by atoms with Crippen molar-refractivity contribution in [1.82, 2.24) is 4.98 Å². The van der Waals surface area contributed by atoms with E-state index in [1.165, 1.54) is 0 Å². The van der Waals surface area contributed by atoms with Crippen molar-refractivity contribution >= 4 is 11.8 Å². The lowest BCUT2D eigenvalue weighted by atomic mass is 10.2. The first kappa shape index (κ1) is 13.5. The molecule has 0 aromatic carbocycles. The van der Waals surface area contributed by atoms with Gasteiger partial charge < -0.3 is 10.2 Å². The summed E-state index contributed by atoms with van der Waals surface area (Å²) < 4.78 is 0. The van der Waals surface area contributed by atoms with Crippen molar-refractivity contribution in [1.29, 1.82) is 0 Å². The van der Waals surface area contributed by atoms with Crippen molar-refractivity contribution in [3.05, 3.63) is 24.0 Å². The van der Waals surface area contributed by atoms with Gasteiger partial charge in [-0.15, -0.1) is 11.8 Å². The fraction of sp³-hybridized carbons (Fsp3) is 0.583. The lowest BCUT2D eigenvalue weighted by molar-refractivity contribution is 0.169. The molecule has 4 heteroatoms. The topological polar surface area (TPSA) is 53.4 Å². The van der Waals surface area contributed by atoms with Crippen LogP contribution < -0.4 is 0 Å². The molecular weight excluding hydrogens is 222 g/mol. The van der Waals surface area contributed by atoms with E-state index in [0.717, 1.165) is 17.0 Å². The molecule has 2 N–H and O–H groups in total. The molecule has 0 aliphatic carbocycles. The molecule has 0 saturated heterocycles. The van der Waals surface area contributed by atoms with Crippen LogP contribution in [-0.4, -0.2) is 27.1 Å². The standard InChI is InChI=1S/C12H19NO2S/c1-3-12(15)11-5-4-10(8-13-11)16-9(2)6-7-14/h4-5,8-9,12,14-15H,3,6-7H2,1-2H3/t9?,12-/m0/s1. The Morgan fingerprint density at radius 3 is 2.69 bits per heavy atom. The zero-order valence-corrected chi connectivity index (χ0v) is 10.6. The number of hydrogen-bond donors (Lipinski definition) is 2. The number of thioether (sulfide) groups is 1. The van der Waals surface area contributed by atoms with Gasteiger partial charge in [0.15, 0.2) is 0 Å². The van der Waals surface area contributed by atoms with Crippen molar-refractivity contribution in [2.45, 2.75) is 42.9 Å². The third kappa shape index (κ3) is 4.12. The van der Waals surface area contributed by atoms with E-state index in [1.54, 1.807) is 18.0 Å². The largest absolute Gasteiger partial charge is 0.396 e. The molecule has 0 fully saturated rings. The summed E-state index contributed by atoms with van der Waals surface area (Å²) in [6, 6.07) is 3.84. The van der Waals surface area contributed by atoms with E-state index >= 15 is 0 Å². The van der Waals surface area contributed by atoms with Crippen LogP contribution >= 0.6 is 11.8 Å². The molecule has 0 radical (unpaired) electrons. The molecule has 3 nitrogen and oxygen atoms in total. The van der Waals surface area contributed by atoms with Gasteiger partial charge in [0.25, 0.3) is 0 Å². The highest BCUT2D eigenvalue weighted by Crippen LogP contribution is 2.25. The van der Waals surface area contributed by atoms with Gasteiger partial charge in [0.1, 0.15) is 0 Å². The molecule has 1 rings (SSSR count). The van der Waals surface area contributed by atoms with E-state index in [4.69, 9.17) is 5.11 Å². The highest BCUT2D eigenvalue weighted by atomic mass is 32.2. The fourth-order valence-electron chi connectivity index (χ4n) is 1.34. The number of aromatic nitrogens is 1. The second-order valence-electron chi connectivity index (χ2n) is 3.78. The van der Waals surface area contributed by atoms with Gasteiger partial charge in [-0.05, 0) is 25.0 Å². The number of aliphatic hydroxyl groups excluding tert-OH is 2. The zero-order chi connectivity index (χ0) is 12.0. The second-order valence-corrected chi connectivity index (χ2v) is 5.30. The number of rotatable bonds is 6. The first-order valence-electron chi connectivity index (χ1n) is 5.59. The summed E-state index contributed by atoms with van der Waals surface area (Å²) in [5.41, 5.74) is 0.724. The van der Waals surface area contributed by atoms with Crippen molar-refractivity contribution in [2.75, 3.05) is 6.61 Å². The van der Waals surface area contributed by atoms with E-state index in [1.807, 2.05) is 19.1 Å². The minimum absolute atomic E-state index is 0.216. The normalized spacial score (nSPS) is 14.8. The van der Waals surface area contributed by atoms with Gasteiger partial charge in [-0.2, -0.15) is 0 Å². The molecule has 1 aromatic rings. The van der Waals surface area contributed by atoms with Gasteiger partial charge in [0.2, 0.25) is 0 Å². The Kier molecular flexibility index (Phi) is 5.80. The van der Waals surface area contributed by atoms with Crippen molar-refractivity contribution in [3.63, 3.8) is 0 Å². The summed E-state index contributed by atoms with van der Waals surface area (Å²) in [4.78, 5) is 5.31. The lowest BCUT2D eigenvalue weighted by Gasteiger charge is -2.10. The maximum atomic E-state index is 9.58. The first-order chi connectivity index (χ1) is 7.67. The van der Waals surface area contributed by atoms with Crippen LogP contribution in [-0.2, 0) is 0 Å². The van der Waals surface area contributed by atoms with Crippen molar-refractivity contribution in [3.8, 4) is 0 Å². The van der Waals surface area contributed by atoms with Gasteiger partial charge in [-0.3, -0.25) is 4.98 Å². The van der Waals surface area contributed by atoms with Gasteiger partial charge >= 0.3 is 0 Å². The van der Waals surface area contributed by atoms with Gasteiger partial charge in [0.05, 0.1) is 11.8 Å². The highest BCUT2D eigenvalue weighted by Gasteiger charge is 2.07. The highest BCUT2D eigenvalue weighted by molar-refractivity contribution is 7.99. The molecule has 0 bridgehead atoms. The second kappa shape index (κ2) is 6.89. The summed E-state index contributed by atoms with van der Waals surface area (Å²) in [5, 5.41) is 18.8. The molecular formula is C12H19NO2S. The predicted molar refractivity (Wildman–Crippen MR) is 66.5 cm³/mol. The SMILES string of the molecule is CC[C@H](O)c1ccc(SC(C)CCO)cn1. The maximum absolute atomic E-state index is 9.58. The van der Waals surface area contributed by atoms with Crippen LogP contribution in [0.4, 0.5) is 0 Å². The minimum atomic E-state index is -0.464. The Morgan fingerprint density at radius 1 is 1.44 bits per heavy atom. The van der Waals surface area contributed by atoms with E-state index < -0.39 is 6.10 Å². The third-order valence-corrected chi connectivity index (χ3v) is 3.51.